The molecular weight excluding hydrogens is 340 g/mol. The number of nitrogens with zero attached hydrogens (tertiary/aromatic N) is 2. The molecule has 2 heterocycles. The summed E-state index contributed by atoms with van der Waals surface area (Å²) in [6, 6.07) is 6.98. The van der Waals surface area contributed by atoms with Crippen LogP contribution in [0.15, 0.2) is 29.6 Å². The summed E-state index contributed by atoms with van der Waals surface area (Å²) in [6.45, 7) is 3.62. The molecule has 8 heteroatoms. The quantitative estimate of drug-likeness (QED) is 0.878. The summed E-state index contributed by atoms with van der Waals surface area (Å²) in [7, 11) is 0. The fraction of sp³-hybridized carbons (Fsp3) is 0.294. The van der Waals surface area contributed by atoms with Crippen LogP contribution in [0.2, 0.25) is 0 Å². The molecule has 1 aromatic heterocycles. The van der Waals surface area contributed by atoms with Crippen molar-refractivity contribution in [2.24, 2.45) is 5.92 Å². The van der Waals surface area contributed by atoms with E-state index in [4.69, 9.17) is 0 Å². The molecular formula is C17H18N4O3S. The van der Waals surface area contributed by atoms with Gasteiger partial charge in [0, 0.05) is 36.6 Å². The fourth-order valence-corrected chi connectivity index (χ4v) is 3.37. The molecule has 1 aliphatic rings. The number of aryl methyl sites for hydroxylation is 1. The maximum atomic E-state index is 12.4. The molecule has 0 bridgehead atoms. The molecule has 0 radical (unpaired) electrons. The third kappa shape index (κ3) is 4.03. The zero-order valence-electron chi connectivity index (χ0n) is 13.9. The number of rotatable bonds is 4. The lowest BCUT2D eigenvalue weighted by Gasteiger charge is -2.17. The highest BCUT2D eigenvalue weighted by Gasteiger charge is 2.35. The van der Waals surface area contributed by atoms with E-state index in [1.165, 1.54) is 18.3 Å². The van der Waals surface area contributed by atoms with E-state index in [9.17, 15) is 14.4 Å². The largest absolute Gasteiger partial charge is 0.326 e. The van der Waals surface area contributed by atoms with Gasteiger partial charge in [0.2, 0.25) is 17.7 Å². The van der Waals surface area contributed by atoms with Gasteiger partial charge in [-0.2, -0.15) is 0 Å². The predicted octanol–water partition coefficient (Wildman–Crippen LogP) is 2.40. The van der Waals surface area contributed by atoms with Crippen molar-refractivity contribution in [3.05, 3.63) is 35.3 Å². The van der Waals surface area contributed by atoms with Gasteiger partial charge in [-0.1, -0.05) is 0 Å². The highest BCUT2D eigenvalue weighted by Crippen LogP contribution is 2.27. The number of carbonyl (C=O) groups is 3. The zero-order valence-corrected chi connectivity index (χ0v) is 14.7. The minimum Gasteiger partial charge on any atom is -0.326 e. The molecule has 0 spiro atoms. The second kappa shape index (κ2) is 7.02. The summed E-state index contributed by atoms with van der Waals surface area (Å²) in [6.07, 6.45) is 0.170. The van der Waals surface area contributed by atoms with Crippen LogP contribution in [0.1, 0.15) is 19.0 Å². The monoisotopic (exact) mass is 358 g/mol. The van der Waals surface area contributed by atoms with Gasteiger partial charge < -0.3 is 15.5 Å². The molecule has 2 N–H and O–H groups in total. The van der Waals surface area contributed by atoms with Gasteiger partial charge in [0.25, 0.3) is 0 Å². The number of hydrogen-bond acceptors (Lipinski definition) is 5. The molecule has 0 aliphatic carbocycles. The van der Waals surface area contributed by atoms with Gasteiger partial charge >= 0.3 is 0 Å². The summed E-state index contributed by atoms with van der Waals surface area (Å²) >= 11 is 1.36. The Labute approximate surface area is 149 Å². The number of thiazole rings is 1. The molecule has 0 saturated carbocycles. The third-order valence-electron chi connectivity index (χ3n) is 3.84. The summed E-state index contributed by atoms with van der Waals surface area (Å²) in [5.41, 5.74) is 2.22. The minimum absolute atomic E-state index is 0.0947. The van der Waals surface area contributed by atoms with Crippen LogP contribution in [-0.2, 0) is 14.4 Å². The van der Waals surface area contributed by atoms with Gasteiger partial charge in [-0.3, -0.25) is 14.4 Å². The van der Waals surface area contributed by atoms with Crippen molar-refractivity contribution in [2.75, 3.05) is 22.1 Å². The maximum absolute atomic E-state index is 12.4. The number of nitrogens with one attached hydrogen (secondary N) is 2. The van der Waals surface area contributed by atoms with Crippen molar-refractivity contribution in [1.82, 2.24) is 4.98 Å². The molecule has 25 heavy (non-hydrogen) atoms. The van der Waals surface area contributed by atoms with E-state index >= 15 is 0 Å². The lowest BCUT2D eigenvalue weighted by atomic mass is 10.1. The summed E-state index contributed by atoms with van der Waals surface area (Å²) in [4.78, 5) is 41.5. The fourth-order valence-electron chi connectivity index (χ4n) is 2.68. The number of benzene rings is 1. The molecule has 1 unspecified atom stereocenters. The Morgan fingerprint density at radius 1 is 1.24 bits per heavy atom. The van der Waals surface area contributed by atoms with Crippen molar-refractivity contribution in [3.63, 3.8) is 0 Å². The summed E-state index contributed by atoms with van der Waals surface area (Å²) in [5.74, 6) is -0.853. The number of carbonyl (C=O) groups excluding carboxylic acids is 3. The van der Waals surface area contributed by atoms with Crippen LogP contribution >= 0.6 is 11.3 Å². The normalized spacial score (nSPS) is 16.8. The first-order chi connectivity index (χ1) is 11.9. The van der Waals surface area contributed by atoms with E-state index in [-0.39, 0.29) is 24.1 Å². The van der Waals surface area contributed by atoms with Crippen LogP contribution in [0.4, 0.5) is 16.5 Å². The van der Waals surface area contributed by atoms with Crippen LogP contribution < -0.4 is 15.5 Å². The summed E-state index contributed by atoms with van der Waals surface area (Å²) < 4.78 is 0. The molecule has 1 saturated heterocycles. The molecule has 3 rings (SSSR count). The van der Waals surface area contributed by atoms with Gasteiger partial charge in [-0.15, -0.1) is 11.3 Å². The van der Waals surface area contributed by atoms with Gasteiger partial charge in [0.1, 0.15) is 0 Å². The highest BCUT2D eigenvalue weighted by atomic mass is 32.1. The van der Waals surface area contributed by atoms with Gasteiger partial charge in [-0.05, 0) is 31.2 Å². The maximum Gasteiger partial charge on any atom is 0.231 e. The van der Waals surface area contributed by atoms with E-state index in [1.807, 2.05) is 12.3 Å². The smallest absolute Gasteiger partial charge is 0.231 e. The lowest BCUT2D eigenvalue weighted by Crippen LogP contribution is -2.28. The van der Waals surface area contributed by atoms with Crippen molar-refractivity contribution in [2.45, 2.75) is 20.3 Å². The molecule has 1 aromatic carbocycles. The first-order valence-corrected chi connectivity index (χ1v) is 8.71. The molecule has 1 aliphatic heterocycles. The van der Waals surface area contributed by atoms with Gasteiger partial charge in [0.05, 0.1) is 11.6 Å². The number of amides is 3. The molecule has 2 aromatic rings. The zero-order chi connectivity index (χ0) is 18.0. The molecule has 1 fully saturated rings. The Hall–Kier alpha value is -2.74. The Balaban J connectivity index is 1.65. The van der Waals surface area contributed by atoms with Crippen molar-refractivity contribution >= 4 is 45.6 Å². The van der Waals surface area contributed by atoms with Crippen LogP contribution in [0.25, 0.3) is 0 Å². The van der Waals surface area contributed by atoms with Gasteiger partial charge in [-0.25, -0.2) is 4.98 Å². The van der Waals surface area contributed by atoms with Gasteiger partial charge in [0.15, 0.2) is 5.13 Å². The Morgan fingerprint density at radius 3 is 2.56 bits per heavy atom. The number of anilines is 3. The minimum atomic E-state index is -0.410. The van der Waals surface area contributed by atoms with Crippen LogP contribution in [0.3, 0.4) is 0 Å². The lowest BCUT2D eigenvalue weighted by molar-refractivity contribution is -0.122. The first-order valence-electron chi connectivity index (χ1n) is 7.83. The van der Waals surface area contributed by atoms with E-state index in [0.29, 0.717) is 23.1 Å². The molecule has 7 nitrogen and oxygen atoms in total. The first kappa shape index (κ1) is 17.1. The van der Waals surface area contributed by atoms with E-state index < -0.39 is 5.92 Å². The van der Waals surface area contributed by atoms with E-state index in [2.05, 4.69) is 15.6 Å². The predicted molar refractivity (Wildman–Crippen MR) is 96.7 cm³/mol. The van der Waals surface area contributed by atoms with E-state index in [1.54, 1.807) is 29.2 Å². The number of aromatic nitrogens is 1. The van der Waals surface area contributed by atoms with Crippen molar-refractivity contribution in [1.29, 1.82) is 0 Å². The van der Waals surface area contributed by atoms with Crippen molar-refractivity contribution < 1.29 is 14.4 Å². The molecule has 130 valence electrons. The van der Waals surface area contributed by atoms with Crippen LogP contribution in [0.5, 0.6) is 0 Å². The highest BCUT2D eigenvalue weighted by molar-refractivity contribution is 7.13. The van der Waals surface area contributed by atoms with E-state index in [0.717, 1.165) is 5.69 Å². The van der Waals surface area contributed by atoms with Crippen LogP contribution in [-0.4, -0.2) is 29.3 Å². The number of hydrogen-bond donors (Lipinski definition) is 2. The second-order valence-electron chi connectivity index (χ2n) is 5.92. The Bertz CT molecular complexity index is 816. The SMILES string of the molecule is CC(=O)Nc1ccc(N2CC(C(=O)Nc3nc(C)cs3)CC2=O)cc1. The second-order valence-corrected chi connectivity index (χ2v) is 6.77. The topological polar surface area (TPSA) is 91.4 Å². The van der Waals surface area contributed by atoms with Crippen molar-refractivity contribution in [3.8, 4) is 0 Å². The standard InChI is InChI=1S/C17H18N4O3S/c1-10-9-25-17(18-10)20-16(24)12-7-15(23)21(8-12)14-5-3-13(4-6-14)19-11(2)22/h3-6,9,12H,7-8H2,1-2H3,(H,19,22)(H,18,20,24). The Morgan fingerprint density at radius 2 is 1.96 bits per heavy atom. The average Bonchev–Trinajstić information content (AvgIpc) is 3.13. The molecule has 1 atom stereocenters. The molecule has 3 amide bonds. The van der Waals surface area contributed by atoms with Crippen LogP contribution in [0, 0.1) is 12.8 Å². The average molecular weight is 358 g/mol. The summed E-state index contributed by atoms with van der Waals surface area (Å²) in [5, 5.41) is 7.86. The Kier molecular flexibility index (Phi) is 4.80. The third-order valence-corrected chi connectivity index (χ3v) is 4.72.